The van der Waals surface area contributed by atoms with Gasteiger partial charge in [0.1, 0.15) is 0 Å². The number of amides is 1. The zero-order valence-electron chi connectivity index (χ0n) is 11.6. The van der Waals surface area contributed by atoms with Crippen molar-refractivity contribution >= 4 is 28.6 Å². The summed E-state index contributed by atoms with van der Waals surface area (Å²) in [6.45, 7) is 2.60. The maximum Gasteiger partial charge on any atom is 0.268 e. The van der Waals surface area contributed by atoms with E-state index in [0.29, 0.717) is 12.2 Å². The van der Waals surface area contributed by atoms with Gasteiger partial charge in [-0.25, -0.2) is 0 Å². The number of hydrogen-bond acceptors (Lipinski definition) is 3. The molecule has 4 heteroatoms. The van der Waals surface area contributed by atoms with Crippen LogP contribution in [0.15, 0.2) is 30.3 Å². The molecule has 0 aliphatic heterocycles. The van der Waals surface area contributed by atoms with Crippen molar-refractivity contribution in [3.8, 4) is 0 Å². The van der Waals surface area contributed by atoms with Gasteiger partial charge in [0.05, 0.1) is 16.3 Å². The molecule has 0 saturated carbocycles. The first kappa shape index (κ1) is 13.2. The fraction of sp³-hybridized carbons (Fsp3) is 0.312. The Labute approximate surface area is 123 Å². The lowest BCUT2D eigenvalue weighted by Crippen LogP contribution is -2.30. The van der Waals surface area contributed by atoms with Crippen molar-refractivity contribution in [1.82, 2.24) is 0 Å². The second kappa shape index (κ2) is 5.29. The molecule has 0 radical (unpaired) electrons. The Balaban J connectivity index is 1.93. The summed E-state index contributed by atoms with van der Waals surface area (Å²) in [5.74, 6) is 0.0600. The Morgan fingerprint density at radius 2 is 2.15 bits per heavy atom. The lowest BCUT2D eigenvalue weighted by atomic mass is 10.2. The first-order chi connectivity index (χ1) is 9.70. The Hall–Kier alpha value is -1.81. The van der Waals surface area contributed by atoms with Crippen LogP contribution in [0, 0.1) is 0 Å². The number of thiophene rings is 1. The van der Waals surface area contributed by atoms with Crippen molar-refractivity contribution in [2.45, 2.75) is 26.2 Å². The maximum atomic E-state index is 12.7. The summed E-state index contributed by atoms with van der Waals surface area (Å²) < 4.78 is 0. The summed E-state index contributed by atoms with van der Waals surface area (Å²) in [6, 6.07) is 9.60. The normalized spacial score (nSPS) is 13.2. The van der Waals surface area contributed by atoms with Gasteiger partial charge in [-0.2, -0.15) is 0 Å². The molecule has 1 aromatic carbocycles. The molecule has 3 rings (SSSR count). The van der Waals surface area contributed by atoms with Crippen molar-refractivity contribution in [3.05, 3.63) is 45.6 Å². The second-order valence-electron chi connectivity index (χ2n) is 5.02. The monoisotopic (exact) mass is 286 g/mol. The Morgan fingerprint density at radius 1 is 1.35 bits per heavy atom. The number of anilines is 2. The zero-order chi connectivity index (χ0) is 14.1. The number of aryl methyl sites for hydroxylation is 2. The van der Waals surface area contributed by atoms with E-state index in [9.17, 15) is 4.79 Å². The van der Waals surface area contributed by atoms with Crippen molar-refractivity contribution in [2.24, 2.45) is 0 Å². The first-order valence-electron chi connectivity index (χ1n) is 6.98. The number of para-hydroxylation sites is 2. The molecule has 0 fully saturated rings. The minimum atomic E-state index is 0.0600. The number of nitrogens with zero attached hydrogens (tertiary/aromatic N) is 1. The van der Waals surface area contributed by atoms with E-state index in [0.717, 1.165) is 23.4 Å². The van der Waals surface area contributed by atoms with Gasteiger partial charge in [0.25, 0.3) is 5.91 Å². The lowest BCUT2D eigenvalue weighted by Gasteiger charge is -2.21. The Morgan fingerprint density at radius 3 is 2.85 bits per heavy atom. The van der Waals surface area contributed by atoms with Gasteiger partial charge in [0, 0.05) is 11.4 Å². The van der Waals surface area contributed by atoms with Crippen LogP contribution in [-0.2, 0) is 12.8 Å². The predicted molar refractivity (Wildman–Crippen MR) is 84.5 cm³/mol. The number of rotatable bonds is 3. The van der Waals surface area contributed by atoms with E-state index in [1.165, 1.54) is 16.9 Å². The van der Waals surface area contributed by atoms with E-state index < -0.39 is 0 Å². The number of benzene rings is 1. The van der Waals surface area contributed by atoms with Crippen LogP contribution in [0.1, 0.15) is 33.5 Å². The van der Waals surface area contributed by atoms with Gasteiger partial charge >= 0.3 is 0 Å². The molecule has 1 aliphatic carbocycles. The molecule has 3 nitrogen and oxygen atoms in total. The van der Waals surface area contributed by atoms with Gasteiger partial charge in [-0.05, 0) is 49.9 Å². The lowest BCUT2D eigenvalue weighted by molar-refractivity contribution is 0.0992. The highest BCUT2D eigenvalue weighted by molar-refractivity contribution is 7.14. The molecule has 1 heterocycles. The Kier molecular flexibility index (Phi) is 3.49. The number of hydrogen-bond donors (Lipinski definition) is 1. The molecular weight excluding hydrogens is 268 g/mol. The van der Waals surface area contributed by atoms with Crippen LogP contribution < -0.4 is 10.6 Å². The van der Waals surface area contributed by atoms with Crippen molar-refractivity contribution in [3.63, 3.8) is 0 Å². The van der Waals surface area contributed by atoms with Crippen LogP contribution in [0.25, 0.3) is 0 Å². The summed E-state index contributed by atoms with van der Waals surface area (Å²) in [6.07, 6.45) is 3.45. The number of nitrogens with two attached hydrogens (primary N) is 1. The summed E-state index contributed by atoms with van der Waals surface area (Å²) in [5.41, 5.74) is 8.80. The van der Waals surface area contributed by atoms with Crippen LogP contribution >= 0.6 is 11.3 Å². The smallest absolute Gasteiger partial charge is 0.268 e. The summed E-state index contributed by atoms with van der Waals surface area (Å²) in [7, 11) is 0. The highest BCUT2D eigenvalue weighted by Crippen LogP contribution is 2.32. The SMILES string of the molecule is CCN(C(=O)c1cc2c(s1)CCC2)c1ccccc1N. The van der Waals surface area contributed by atoms with Gasteiger partial charge in [-0.3, -0.25) is 4.79 Å². The maximum absolute atomic E-state index is 12.7. The number of fused-ring (bicyclic) bond motifs is 1. The highest BCUT2D eigenvalue weighted by atomic mass is 32.1. The van der Waals surface area contributed by atoms with Crippen molar-refractivity contribution < 1.29 is 4.79 Å². The van der Waals surface area contributed by atoms with E-state index in [1.807, 2.05) is 31.2 Å². The Bertz CT molecular complexity index is 626. The number of nitrogen functional groups attached to an aromatic ring is 1. The molecular formula is C16H18N2OS. The van der Waals surface area contributed by atoms with Gasteiger partial charge in [0.2, 0.25) is 0 Å². The fourth-order valence-corrected chi connectivity index (χ4v) is 3.93. The van der Waals surface area contributed by atoms with E-state index in [4.69, 9.17) is 5.73 Å². The fourth-order valence-electron chi connectivity index (χ4n) is 2.72. The van der Waals surface area contributed by atoms with Gasteiger partial charge in [0.15, 0.2) is 0 Å². The molecule has 1 aromatic heterocycles. The third-order valence-corrected chi connectivity index (χ3v) is 4.97. The van der Waals surface area contributed by atoms with Gasteiger partial charge in [-0.15, -0.1) is 11.3 Å². The van der Waals surface area contributed by atoms with E-state index >= 15 is 0 Å². The largest absolute Gasteiger partial charge is 0.397 e. The molecule has 104 valence electrons. The van der Waals surface area contributed by atoms with Crippen LogP contribution in [0.3, 0.4) is 0 Å². The van der Waals surface area contributed by atoms with E-state index in [2.05, 4.69) is 6.07 Å². The first-order valence-corrected chi connectivity index (χ1v) is 7.80. The number of carbonyl (C=O) groups is 1. The number of carbonyl (C=O) groups excluding carboxylic acids is 1. The molecule has 2 aromatic rings. The predicted octanol–water partition coefficient (Wildman–Crippen LogP) is 3.49. The van der Waals surface area contributed by atoms with E-state index in [-0.39, 0.29) is 5.91 Å². The third-order valence-electron chi connectivity index (χ3n) is 3.75. The summed E-state index contributed by atoms with van der Waals surface area (Å²) >= 11 is 1.64. The summed E-state index contributed by atoms with van der Waals surface area (Å²) in [4.78, 5) is 16.7. The van der Waals surface area contributed by atoms with Gasteiger partial charge in [-0.1, -0.05) is 12.1 Å². The molecule has 0 saturated heterocycles. The van der Waals surface area contributed by atoms with Crippen LogP contribution in [-0.4, -0.2) is 12.5 Å². The van der Waals surface area contributed by atoms with Crippen molar-refractivity contribution in [1.29, 1.82) is 0 Å². The molecule has 0 unspecified atom stereocenters. The van der Waals surface area contributed by atoms with Crippen LogP contribution in [0.5, 0.6) is 0 Å². The average Bonchev–Trinajstić information content (AvgIpc) is 3.02. The van der Waals surface area contributed by atoms with E-state index in [1.54, 1.807) is 16.2 Å². The quantitative estimate of drug-likeness (QED) is 0.878. The second-order valence-corrected chi connectivity index (χ2v) is 6.16. The molecule has 1 amide bonds. The molecule has 0 spiro atoms. The van der Waals surface area contributed by atoms with Crippen LogP contribution in [0.2, 0.25) is 0 Å². The summed E-state index contributed by atoms with van der Waals surface area (Å²) in [5, 5.41) is 0. The average molecular weight is 286 g/mol. The standard InChI is InChI=1S/C16H18N2OS/c1-2-18(13-8-4-3-7-12(13)17)16(19)15-10-11-6-5-9-14(11)20-15/h3-4,7-8,10H,2,5-6,9,17H2,1H3. The van der Waals surface area contributed by atoms with Gasteiger partial charge < -0.3 is 10.6 Å². The highest BCUT2D eigenvalue weighted by Gasteiger charge is 2.23. The minimum Gasteiger partial charge on any atom is -0.397 e. The van der Waals surface area contributed by atoms with Crippen molar-refractivity contribution in [2.75, 3.05) is 17.2 Å². The molecule has 20 heavy (non-hydrogen) atoms. The van der Waals surface area contributed by atoms with Crippen LogP contribution in [0.4, 0.5) is 11.4 Å². The molecule has 2 N–H and O–H groups in total. The minimum absolute atomic E-state index is 0.0600. The topological polar surface area (TPSA) is 46.3 Å². The molecule has 0 bridgehead atoms. The third kappa shape index (κ3) is 2.20. The molecule has 0 atom stereocenters. The zero-order valence-corrected chi connectivity index (χ0v) is 12.4. The molecule has 1 aliphatic rings.